The average Bonchev–Trinajstić information content (AvgIpc) is 3.72. The monoisotopic (exact) mass is 410 g/mol. The number of anilines is 2. The van der Waals surface area contributed by atoms with Gasteiger partial charge in [0.2, 0.25) is 0 Å². The minimum Gasteiger partial charge on any atom is -0.491 e. The smallest absolute Gasteiger partial charge is 0.122 e. The van der Waals surface area contributed by atoms with Crippen LogP contribution in [0.1, 0.15) is 12.5 Å². The molecule has 0 spiro atoms. The molecule has 160 valence electrons. The van der Waals surface area contributed by atoms with E-state index in [9.17, 15) is 0 Å². The number of nitrogens with zero attached hydrogens (tertiary/aromatic N) is 2. The molecule has 0 amide bonds. The van der Waals surface area contributed by atoms with E-state index in [1.807, 2.05) is 0 Å². The molecule has 0 saturated carbocycles. The predicted molar refractivity (Wildman–Crippen MR) is 117 cm³/mol. The van der Waals surface area contributed by atoms with E-state index >= 15 is 0 Å². The van der Waals surface area contributed by atoms with Crippen LogP contribution >= 0.6 is 0 Å². The lowest BCUT2D eigenvalue weighted by Crippen LogP contribution is -2.46. The maximum Gasteiger partial charge on any atom is 0.122 e. The Kier molecular flexibility index (Phi) is 5.69. The fourth-order valence-corrected chi connectivity index (χ4v) is 3.86. The van der Waals surface area contributed by atoms with Crippen molar-refractivity contribution in [1.29, 1.82) is 0 Å². The van der Waals surface area contributed by atoms with Crippen LogP contribution in [0.5, 0.6) is 11.5 Å². The minimum absolute atomic E-state index is 0.287. The van der Waals surface area contributed by atoms with E-state index in [2.05, 4.69) is 59.2 Å². The van der Waals surface area contributed by atoms with Crippen LogP contribution in [-0.4, -0.2) is 64.8 Å². The Labute approximate surface area is 178 Å². The molecule has 0 radical (unpaired) electrons. The molecule has 2 aromatic carbocycles. The molecule has 3 heterocycles. The molecule has 2 unspecified atom stereocenters. The van der Waals surface area contributed by atoms with E-state index in [1.165, 1.54) is 16.9 Å². The Hall–Kier alpha value is -2.44. The number of aryl methyl sites for hydroxylation is 1. The van der Waals surface area contributed by atoms with Crippen molar-refractivity contribution in [2.75, 3.05) is 62.4 Å². The molecule has 3 aliphatic heterocycles. The molecule has 0 aliphatic carbocycles. The summed E-state index contributed by atoms with van der Waals surface area (Å²) in [4.78, 5) is 4.91. The highest BCUT2D eigenvalue weighted by molar-refractivity contribution is 5.56. The number of hydrogen-bond donors (Lipinski definition) is 0. The number of hydrogen-bond acceptors (Lipinski definition) is 6. The summed E-state index contributed by atoms with van der Waals surface area (Å²) in [5.74, 6) is 1.90. The van der Waals surface area contributed by atoms with E-state index in [1.54, 1.807) is 0 Å². The Bertz CT molecular complexity index is 841. The van der Waals surface area contributed by atoms with Crippen LogP contribution in [0.4, 0.5) is 11.4 Å². The van der Waals surface area contributed by atoms with Crippen molar-refractivity contribution in [3.8, 4) is 11.5 Å². The zero-order chi connectivity index (χ0) is 20.3. The van der Waals surface area contributed by atoms with Crippen molar-refractivity contribution >= 4 is 11.4 Å². The SMILES string of the molecule is CCc1cc(N2CCN(c3ccc(OCC4CO4)cc3)CC2)ccc1OCC1CO1. The topological polar surface area (TPSA) is 50.0 Å². The summed E-state index contributed by atoms with van der Waals surface area (Å²) in [5.41, 5.74) is 3.81. The zero-order valence-electron chi connectivity index (χ0n) is 17.6. The molecule has 3 saturated heterocycles. The van der Waals surface area contributed by atoms with Gasteiger partial charge in [-0.2, -0.15) is 0 Å². The molecule has 6 heteroatoms. The van der Waals surface area contributed by atoms with Crippen LogP contribution in [0.25, 0.3) is 0 Å². The standard InChI is InChI=1S/C24H30N2O4/c1-2-18-13-20(5-8-24(18)30-17-23-16-29-23)26-11-9-25(10-12-26)19-3-6-21(7-4-19)27-14-22-15-28-22/h3-8,13,22-23H,2,9-12,14-17H2,1H3. The fraction of sp³-hybridized carbons (Fsp3) is 0.500. The van der Waals surface area contributed by atoms with Crippen LogP contribution in [0.2, 0.25) is 0 Å². The third kappa shape index (κ3) is 4.82. The van der Waals surface area contributed by atoms with Gasteiger partial charge in [-0.15, -0.1) is 0 Å². The van der Waals surface area contributed by atoms with E-state index in [4.69, 9.17) is 18.9 Å². The summed E-state index contributed by atoms with van der Waals surface area (Å²) in [7, 11) is 0. The number of piperazine rings is 1. The number of epoxide rings is 2. The lowest BCUT2D eigenvalue weighted by Gasteiger charge is -2.37. The first-order valence-corrected chi connectivity index (χ1v) is 11.0. The van der Waals surface area contributed by atoms with Crippen molar-refractivity contribution < 1.29 is 18.9 Å². The largest absolute Gasteiger partial charge is 0.491 e. The van der Waals surface area contributed by atoms with Gasteiger partial charge in [-0.1, -0.05) is 6.92 Å². The van der Waals surface area contributed by atoms with Crippen LogP contribution in [0, 0.1) is 0 Å². The van der Waals surface area contributed by atoms with E-state index in [0.29, 0.717) is 19.3 Å². The van der Waals surface area contributed by atoms with Gasteiger partial charge in [-0.25, -0.2) is 0 Å². The van der Waals surface area contributed by atoms with Crippen molar-refractivity contribution in [2.45, 2.75) is 25.6 Å². The number of ether oxygens (including phenoxy) is 4. The summed E-state index contributed by atoms with van der Waals surface area (Å²) in [6.07, 6.45) is 1.55. The first-order valence-electron chi connectivity index (χ1n) is 11.0. The van der Waals surface area contributed by atoms with Crippen LogP contribution in [-0.2, 0) is 15.9 Å². The summed E-state index contributed by atoms with van der Waals surface area (Å²) in [6.45, 7) is 9.18. The van der Waals surface area contributed by atoms with Gasteiger partial charge in [0.25, 0.3) is 0 Å². The Morgan fingerprint density at radius 1 is 0.800 bits per heavy atom. The van der Waals surface area contributed by atoms with E-state index in [-0.39, 0.29) is 6.10 Å². The molecule has 5 rings (SSSR count). The van der Waals surface area contributed by atoms with Crippen molar-refractivity contribution in [1.82, 2.24) is 0 Å². The molecule has 0 N–H and O–H groups in total. The molecular formula is C24H30N2O4. The Balaban J connectivity index is 1.16. The molecule has 30 heavy (non-hydrogen) atoms. The average molecular weight is 411 g/mol. The Morgan fingerprint density at radius 3 is 1.97 bits per heavy atom. The van der Waals surface area contributed by atoms with Crippen LogP contribution in [0.15, 0.2) is 42.5 Å². The van der Waals surface area contributed by atoms with Crippen LogP contribution < -0.4 is 19.3 Å². The van der Waals surface area contributed by atoms with Crippen molar-refractivity contribution in [3.63, 3.8) is 0 Å². The zero-order valence-corrected chi connectivity index (χ0v) is 17.6. The lowest BCUT2D eigenvalue weighted by molar-refractivity contribution is 0.261. The van der Waals surface area contributed by atoms with Crippen molar-refractivity contribution in [3.05, 3.63) is 48.0 Å². The summed E-state index contributed by atoms with van der Waals surface area (Å²) in [5, 5.41) is 0. The maximum atomic E-state index is 5.94. The maximum absolute atomic E-state index is 5.94. The van der Waals surface area contributed by atoms with Crippen LogP contribution in [0.3, 0.4) is 0 Å². The highest BCUT2D eigenvalue weighted by Gasteiger charge is 2.24. The lowest BCUT2D eigenvalue weighted by atomic mass is 10.1. The molecule has 2 atom stereocenters. The molecule has 0 aromatic heterocycles. The van der Waals surface area contributed by atoms with Gasteiger partial charge < -0.3 is 28.7 Å². The highest BCUT2D eigenvalue weighted by Crippen LogP contribution is 2.28. The molecular weight excluding hydrogens is 380 g/mol. The molecule has 6 nitrogen and oxygen atoms in total. The predicted octanol–water partition coefficient (Wildman–Crippen LogP) is 3.13. The van der Waals surface area contributed by atoms with Gasteiger partial charge in [-0.05, 0) is 54.4 Å². The van der Waals surface area contributed by atoms with E-state index in [0.717, 1.165) is 57.3 Å². The van der Waals surface area contributed by atoms with Gasteiger partial charge in [0.1, 0.15) is 36.9 Å². The summed E-state index contributed by atoms with van der Waals surface area (Å²) < 4.78 is 22.1. The molecule has 3 aliphatic rings. The van der Waals surface area contributed by atoms with Gasteiger partial charge in [-0.3, -0.25) is 0 Å². The highest BCUT2D eigenvalue weighted by atomic mass is 16.6. The normalized spacial score (nSPS) is 22.7. The van der Waals surface area contributed by atoms with Gasteiger partial charge in [0.15, 0.2) is 0 Å². The van der Waals surface area contributed by atoms with Gasteiger partial charge >= 0.3 is 0 Å². The number of benzene rings is 2. The quantitative estimate of drug-likeness (QED) is 0.592. The first kappa shape index (κ1) is 19.5. The second-order valence-electron chi connectivity index (χ2n) is 8.15. The molecule has 0 bridgehead atoms. The third-order valence-electron chi connectivity index (χ3n) is 5.94. The number of rotatable bonds is 9. The van der Waals surface area contributed by atoms with E-state index < -0.39 is 0 Å². The molecule has 2 aromatic rings. The second kappa shape index (κ2) is 8.74. The van der Waals surface area contributed by atoms with Gasteiger partial charge in [0.05, 0.1) is 13.2 Å². The Morgan fingerprint density at radius 2 is 1.37 bits per heavy atom. The molecule has 3 fully saturated rings. The fourth-order valence-electron chi connectivity index (χ4n) is 3.86. The van der Waals surface area contributed by atoms with Gasteiger partial charge in [0, 0.05) is 37.6 Å². The third-order valence-corrected chi connectivity index (χ3v) is 5.94. The minimum atomic E-state index is 0.287. The summed E-state index contributed by atoms with van der Waals surface area (Å²) >= 11 is 0. The second-order valence-corrected chi connectivity index (χ2v) is 8.15. The first-order chi connectivity index (χ1) is 14.8. The van der Waals surface area contributed by atoms with Crippen molar-refractivity contribution in [2.24, 2.45) is 0 Å². The summed E-state index contributed by atoms with van der Waals surface area (Å²) in [6, 6.07) is 15.0.